The summed E-state index contributed by atoms with van der Waals surface area (Å²) in [7, 11) is 0. The molecule has 4 N–H and O–H groups in total. The van der Waals surface area contributed by atoms with Gasteiger partial charge in [0.1, 0.15) is 0 Å². The summed E-state index contributed by atoms with van der Waals surface area (Å²) in [5, 5.41) is 0. The fourth-order valence-corrected chi connectivity index (χ4v) is 3.28. The second-order valence-electron chi connectivity index (χ2n) is 7.54. The molecule has 8 heteroatoms. The van der Waals surface area contributed by atoms with E-state index < -0.39 is 0 Å². The number of carbonyl (C=O) groups is 4. The van der Waals surface area contributed by atoms with E-state index in [4.69, 9.17) is 0 Å². The number of rotatable bonds is 10. The average molecular weight is 397 g/mol. The Bertz CT molecular complexity index is 470. The molecule has 8 nitrogen and oxygen atoms in total. The molecule has 0 atom stereocenters. The van der Waals surface area contributed by atoms with E-state index in [-0.39, 0.29) is 35.5 Å². The molecule has 0 heterocycles. The van der Waals surface area contributed by atoms with Gasteiger partial charge in [-0.15, -0.1) is 0 Å². The topological polar surface area (TPSA) is 116 Å². The maximum Gasteiger partial charge on any atom is 0.241 e. The van der Waals surface area contributed by atoms with Crippen molar-refractivity contribution >= 4 is 23.6 Å². The van der Waals surface area contributed by atoms with Crippen LogP contribution < -0.4 is 21.7 Å². The van der Waals surface area contributed by atoms with Crippen LogP contribution in [0.25, 0.3) is 0 Å². The van der Waals surface area contributed by atoms with Crippen LogP contribution in [0.2, 0.25) is 0 Å². The minimum absolute atomic E-state index is 0.176. The lowest BCUT2D eigenvalue weighted by molar-refractivity contribution is -0.134. The van der Waals surface area contributed by atoms with Gasteiger partial charge in [-0.2, -0.15) is 0 Å². The zero-order valence-corrected chi connectivity index (χ0v) is 17.3. The van der Waals surface area contributed by atoms with Gasteiger partial charge in [-0.25, -0.2) is 0 Å². The van der Waals surface area contributed by atoms with Crippen molar-refractivity contribution in [1.29, 1.82) is 0 Å². The third kappa shape index (κ3) is 9.71. The van der Waals surface area contributed by atoms with Gasteiger partial charge in [0.2, 0.25) is 23.6 Å². The molecule has 1 fully saturated rings. The van der Waals surface area contributed by atoms with Crippen molar-refractivity contribution in [2.45, 2.75) is 90.9 Å². The maximum absolute atomic E-state index is 12.2. The average Bonchev–Trinajstić information content (AvgIpc) is 2.70. The Morgan fingerprint density at radius 1 is 0.607 bits per heavy atom. The molecule has 0 saturated heterocycles. The van der Waals surface area contributed by atoms with Crippen LogP contribution in [0, 0.1) is 11.8 Å². The first-order valence-electron chi connectivity index (χ1n) is 10.6. The molecule has 4 amide bonds. The Balaban J connectivity index is 2.21. The van der Waals surface area contributed by atoms with Gasteiger partial charge < -0.3 is 0 Å². The van der Waals surface area contributed by atoms with E-state index in [9.17, 15) is 19.2 Å². The van der Waals surface area contributed by atoms with Crippen LogP contribution in [-0.2, 0) is 19.2 Å². The summed E-state index contributed by atoms with van der Waals surface area (Å²) in [6.45, 7) is 4.13. The normalized spacial score (nSPS) is 18.8. The molecule has 160 valence electrons. The SMILES string of the molecule is CCCCCC(=O)NNC(=O)C1CCC(C(=O)NNC(=O)CCCCC)CC1. The predicted molar refractivity (Wildman–Crippen MR) is 106 cm³/mol. The zero-order chi connectivity index (χ0) is 20.8. The van der Waals surface area contributed by atoms with Crippen molar-refractivity contribution < 1.29 is 19.2 Å². The Morgan fingerprint density at radius 3 is 1.29 bits per heavy atom. The number of amides is 4. The van der Waals surface area contributed by atoms with E-state index >= 15 is 0 Å². The Hall–Kier alpha value is -2.12. The van der Waals surface area contributed by atoms with E-state index in [1.165, 1.54) is 0 Å². The number of hydrogen-bond donors (Lipinski definition) is 4. The second kappa shape index (κ2) is 14.0. The van der Waals surface area contributed by atoms with Crippen LogP contribution in [0.4, 0.5) is 0 Å². The second-order valence-corrected chi connectivity index (χ2v) is 7.54. The lowest BCUT2D eigenvalue weighted by atomic mass is 9.81. The summed E-state index contributed by atoms with van der Waals surface area (Å²) < 4.78 is 0. The Morgan fingerprint density at radius 2 is 0.964 bits per heavy atom. The van der Waals surface area contributed by atoms with Crippen molar-refractivity contribution in [3.8, 4) is 0 Å². The molecule has 1 aliphatic rings. The predicted octanol–water partition coefficient (Wildman–Crippen LogP) is 2.25. The third-order valence-electron chi connectivity index (χ3n) is 5.13. The molecule has 0 spiro atoms. The van der Waals surface area contributed by atoms with Crippen molar-refractivity contribution in [2.24, 2.45) is 11.8 Å². The lowest BCUT2D eigenvalue weighted by Crippen LogP contribution is -2.47. The van der Waals surface area contributed by atoms with Crippen LogP contribution >= 0.6 is 0 Å². The van der Waals surface area contributed by atoms with Gasteiger partial charge in [0.15, 0.2) is 0 Å². The van der Waals surface area contributed by atoms with Gasteiger partial charge in [-0.05, 0) is 38.5 Å². The molecule has 1 aliphatic carbocycles. The molecule has 0 aromatic carbocycles. The van der Waals surface area contributed by atoms with E-state index in [1.54, 1.807) is 0 Å². The standard InChI is InChI=1S/C20H36N4O4/c1-3-5-7-9-17(25)21-23-19(27)15-11-13-16(14-12-15)20(28)24-22-18(26)10-8-6-4-2/h15-16H,3-14H2,1-2H3,(H,21,25)(H,22,26)(H,23,27)(H,24,28). The van der Waals surface area contributed by atoms with Crippen LogP contribution in [-0.4, -0.2) is 23.6 Å². The highest BCUT2D eigenvalue weighted by Crippen LogP contribution is 2.28. The Kier molecular flexibility index (Phi) is 11.9. The van der Waals surface area contributed by atoms with Crippen LogP contribution in [0.5, 0.6) is 0 Å². The molecule has 0 bridgehead atoms. The van der Waals surface area contributed by atoms with Crippen LogP contribution in [0.1, 0.15) is 90.9 Å². The summed E-state index contributed by atoms with van der Waals surface area (Å²) in [4.78, 5) is 47.6. The van der Waals surface area contributed by atoms with Gasteiger partial charge in [0, 0.05) is 24.7 Å². The van der Waals surface area contributed by atoms with Crippen molar-refractivity contribution in [1.82, 2.24) is 21.7 Å². The monoisotopic (exact) mass is 396 g/mol. The summed E-state index contributed by atoms with van der Waals surface area (Å²) in [6.07, 6.45) is 8.84. The third-order valence-corrected chi connectivity index (χ3v) is 5.13. The van der Waals surface area contributed by atoms with Gasteiger partial charge in [0.25, 0.3) is 0 Å². The van der Waals surface area contributed by atoms with Crippen LogP contribution in [0.3, 0.4) is 0 Å². The summed E-state index contributed by atoms with van der Waals surface area (Å²) >= 11 is 0. The van der Waals surface area contributed by atoms with Gasteiger partial charge in [-0.3, -0.25) is 40.9 Å². The molecule has 0 unspecified atom stereocenters. The molecule has 28 heavy (non-hydrogen) atoms. The first-order chi connectivity index (χ1) is 13.5. The molecule has 0 radical (unpaired) electrons. The zero-order valence-electron chi connectivity index (χ0n) is 17.3. The minimum atomic E-state index is -0.205. The first-order valence-corrected chi connectivity index (χ1v) is 10.6. The highest BCUT2D eigenvalue weighted by molar-refractivity contribution is 5.85. The first kappa shape index (κ1) is 23.9. The molecule has 0 aromatic heterocycles. The van der Waals surface area contributed by atoms with Gasteiger partial charge >= 0.3 is 0 Å². The van der Waals surface area contributed by atoms with E-state index in [0.29, 0.717) is 38.5 Å². The van der Waals surface area contributed by atoms with Crippen molar-refractivity contribution in [3.05, 3.63) is 0 Å². The summed E-state index contributed by atoms with van der Waals surface area (Å²) in [6, 6.07) is 0. The minimum Gasteiger partial charge on any atom is -0.273 e. The maximum atomic E-state index is 12.2. The number of hydrogen-bond acceptors (Lipinski definition) is 4. The fourth-order valence-electron chi connectivity index (χ4n) is 3.28. The number of nitrogens with one attached hydrogen (secondary N) is 4. The highest BCUT2D eigenvalue weighted by Gasteiger charge is 2.30. The Labute approximate surface area is 167 Å². The molecule has 1 saturated carbocycles. The molecular formula is C20H36N4O4. The van der Waals surface area contributed by atoms with Crippen molar-refractivity contribution in [2.75, 3.05) is 0 Å². The molecule has 0 aliphatic heterocycles. The molecular weight excluding hydrogens is 360 g/mol. The number of hydrazine groups is 2. The van der Waals surface area contributed by atoms with Crippen LogP contribution in [0.15, 0.2) is 0 Å². The highest BCUT2D eigenvalue weighted by atomic mass is 16.2. The van der Waals surface area contributed by atoms with Crippen molar-refractivity contribution in [3.63, 3.8) is 0 Å². The van der Waals surface area contributed by atoms with E-state index in [0.717, 1.165) is 38.5 Å². The largest absolute Gasteiger partial charge is 0.273 e. The van der Waals surface area contributed by atoms with Gasteiger partial charge in [-0.1, -0.05) is 39.5 Å². The summed E-state index contributed by atoms with van der Waals surface area (Å²) in [5.41, 5.74) is 9.91. The van der Waals surface area contributed by atoms with Gasteiger partial charge in [0.05, 0.1) is 0 Å². The quantitative estimate of drug-likeness (QED) is 0.335. The fraction of sp³-hybridized carbons (Fsp3) is 0.800. The molecule has 0 aromatic rings. The van der Waals surface area contributed by atoms with E-state index in [2.05, 4.69) is 35.6 Å². The lowest BCUT2D eigenvalue weighted by Gasteiger charge is -2.27. The molecule has 1 rings (SSSR count). The smallest absolute Gasteiger partial charge is 0.241 e. The summed E-state index contributed by atoms with van der Waals surface area (Å²) in [5.74, 6) is -1.17. The number of unbranched alkanes of at least 4 members (excludes halogenated alkanes) is 4. The number of carbonyl (C=O) groups excluding carboxylic acids is 4. The van der Waals surface area contributed by atoms with E-state index in [1.807, 2.05) is 0 Å².